The van der Waals surface area contributed by atoms with Gasteiger partial charge in [-0.05, 0) is 20.9 Å². The summed E-state index contributed by atoms with van der Waals surface area (Å²) in [5, 5.41) is 17.3. The third kappa shape index (κ3) is 3.94. The minimum atomic E-state index is -0.809. The number of carboxylic acid groups (broad SMARTS) is 1. The van der Waals surface area contributed by atoms with Crippen molar-refractivity contribution in [2.45, 2.75) is 39.9 Å². The van der Waals surface area contributed by atoms with Gasteiger partial charge in [0, 0.05) is 43.2 Å². The Balaban J connectivity index is 1.94. The number of aromatic nitrogens is 4. The van der Waals surface area contributed by atoms with E-state index in [1.54, 1.807) is 10.9 Å². The van der Waals surface area contributed by atoms with Gasteiger partial charge in [0.15, 0.2) is 0 Å². The fourth-order valence-corrected chi connectivity index (χ4v) is 2.50. The van der Waals surface area contributed by atoms with Crippen LogP contribution in [-0.4, -0.2) is 42.6 Å². The SMILES string of the molecule is Cc1nn(C)c(C)c1CN(C)Cc1cnn(CCC(=O)O)c1. The fraction of sp³-hybridized carbons (Fsp3) is 0.533. The Morgan fingerprint density at radius 1 is 1.36 bits per heavy atom. The Bertz CT molecular complexity index is 659. The van der Waals surface area contributed by atoms with Gasteiger partial charge in [-0.1, -0.05) is 0 Å². The summed E-state index contributed by atoms with van der Waals surface area (Å²) < 4.78 is 3.58. The van der Waals surface area contributed by atoms with E-state index in [2.05, 4.69) is 29.1 Å². The predicted molar refractivity (Wildman–Crippen MR) is 82.3 cm³/mol. The van der Waals surface area contributed by atoms with Crippen LogP contribution in [0.5, 0.6) is 0 Å². The lowest BCUT2D eigenvalue weighted by atomic mass is 10.2. The molecule has 1 N–H and O–H groups in total. The van der Waals surface area contributed by atoms with Crippen molar-refractivity contribution < 1.29 is 9.90 Å². The van der Waals surface area contributed by atoms with Gasteiger partial charge in [0.2, 0.25) is 0 Å². The minimum Gasteiger partial charge on any atom is -0.481 e. The molecule has 0 bridgehead atoms. The van der Waals surface area contributed by atoms with Gasteiger partial charge in [0.05, 0.1) is 24.9 Å². The molecule has 0 saturated carbocycles. The van der Waals surface area contributed by atoms with Crippen LogP contribution in [0.3, 0.4) is 0 Å². The molecule has 0 unspecified atom stereocenters. The average Bonchev–Trinajstić information content (AvgIpc) is 2.97. The highest BCUT2D eigenvalue weighted by Gasteiger charge is 2.12. The number of carbonyl (C=O) groups is 1. The monoisotopic (exact) mass is 305 g/mol. The van der Waals surface area contributed by atoms with Gasteiger partial charge < -0.3 is 5.11 Å². The van der Waals surface area contributed by atoms with E-state index < -0.39 is 5.97 Å². The second-order valence-corrected chi connectivity index (χ2v) is 5.70. The van der Waals surface area contributed by atoms with Crippen LogP contribution in [0.2, 0.25) is 0 Å². The van der Waals surface area contributed by atoms with Gasteiger partial charge in [-0.3, -0.25) is 19.1 Å². The van der Waals surface area contributed by atoms with Crippen molar-refractivity contribution in [3.63, 3.8) is 0 Å². The zero-order chi connectivity index (χ0) is 16.3. The molecule has 0 amide bonds. The van der Waals surface area contributed by atoms with Gasteiger partial charge in [-0.25, -0.2) is 0 Å². The Labute approximate surface area is 130 Å². The van der Waals surface area contributed by atoms with Crippen molar-refractivity contribution in [3.05, 3.63) is 34.9 Å². The van der Waals surface area contributed by atoms with Crippen molar-refractivity contribution in [1.29, 1.82) is 0 Å². The van der Waals surface area contributed by atoms with E-state index in [0.29, 0.717) is 6.54 Å². The van der Waals surface area contributed by atoms with E-state index in [-0.39, 0.29) is 6.42 Å². The molecule has 2 aromatic heterocycles. The number of carboxylic acids is 1. The molecule has 0 saturated heterocycles. The lowest BCUT2D eigenvalue weighted by Gasteiger charge is -2.15. The van der Waals surface area contributed by atoms with Crippen LogP contribution in [0.1, 0.15) is 28.9 Å². The standard InChI is InChI=1S/C15H23N5O2/c1-11-14(12(2)19(4)17-11)10-18(3)8-13-7-16-20(9-13)6-5-15(21)22/h7,9H,5-6,8,10H2,1-4H3,(H,21,22). The van der Waals surface area contributed by atoms with Gasteiger partial charge in [0.25, 0.3) is 0 Å². The highest BCUT2D eigenvalue weighted by molar-refractivity contribution is 5.66. The molecular weight excluding hydrogens is 282 g/mol. The summed E-state index contributed by atoms with van der Waals surface area (Å²) in [7, 11) is 4.01. The molecule has 2 heterocycles. The highest BCUT2D eigenvalue weighted by Crippen LogP contribution is 2.15. The molecule has 0 aliphatic carbocycles. The quantitative estimate of drug-likeness (QED) is 0.835. The van der Waals surface area contributed by atoms with Crippen molar-refractivity contribution in [1.82, 2.24) is 24.5 Å². The molecule has 7 heteroatoms. The van der Waals surface area contributed by atoms with Crippen LogP contribution in [0, 0.1) is 13.8 Å². The van der Waals surface area contributed by atoms with Crippen molar-refractivity contribution in [2.24, 2.45) is 7.05 Å². The second-order valence-electron chi connectivity index (χ2n) is 5.70. The molecular formula is C15H23N5O2. The third-order valence-corrected chi connectivity index (χ3v) is 3.78. The first-order chi connectivity index (χ1) is 10.4. The maximum atomic E-state index is 10.6. The van der Waals surface area contributed by atoms with Gasteiger partial charge in [-0.15, -0.1) is 0 Å². The smallest absolute Gasteiger partial charge is 0.305 e. The molecule has 7 nitrogen and oxygen atoms in total. The first-order valence-electron chi connectivity index (χ1n) is 7.27. The van der Waals surface area contributed by atoms with Crippen molar-refractivity contribution >= 4 is 5.97 Å². The number of hydrogen-bond donors (Lipinski definition) is 1. The molecule has 0 aliphatic rings. The Kier molecular flexibility index (Phi) is 4.97. The maximum Gasteiger partial charge on any atom is 0.305 e. The first-order valence-corrected chi connectivity index (χ1v) is 7.27. The second kappa shape index (κ2) is 6.74. The molecule has 2 rings (SSSR count). The lowest BCUT2D eigenvalue weighted by molar-refractivity contribution is -0.137. The van der Waals surface area contributed by atoms with Gasteiger partial charge in [0.1, 0.15) is 0 Å². The number of aryl methyl sites for hydroxylation is 3. The number of nitrogens with zero attached hydrogens (tertiary/aromatic N) is 5. The van der Waals surface area contributed by atoms with E-state index >= 15 is 0 Å². The summed E-state index contributed by atoms with van der Waals surface area (Å²) in [5.74, 6) is -0.809. The van der Waals surface area contributed by atoms with E-state index in [1.165, 1.54) is 11.3 Å². The van der Waals surface area contributed by atoms with Crippen molar-refractivity contribution in [2.75, 3.05) is 7.05 Å². The molecule has 0 spiro atoms. The topological polar surface area (TPSA) is 76.2 Å². The molecule has 0 radical (unpaired) electrons. The summed E-state index contributed by atoms with van der Waals surface area (Å²) in [5.41, 5.74) is 4.57. The fourth-order valence-electron chi connectivity index (χ4n) is 2.50. The minimum absolute atomic E-state index is 0.0883. The largest absolute Gasteiger partial charge is 0.481 e. The number of hydrogen-bond acceptors (Lipinski definition) is 4. The highest BCUT2D eigenvalue weighted by atomic mass is 16.4. The summed E-state index contributed by atoms with van der Waals surface area (Å²) in [4.78, 5) is 12.8. The zero-order valence-electron chi connectivity index (χ0n) is 13.6. The third-order valence-electron chi connectivity index (χ3n) is 3.78. The maximum absolute atomic E-state index is 10.6. The summed E-state index contributed by atoms with van der Waals surface area (Å²) in [6.45, 7) is 6.10. The van der Waals surface area contributed by atoms with Crippen LogP contribution < -0.4 is 0 Å². The van der Waals surface area contributed by atoms with E-state index in [0.717, 1.165) is 24.3 Å². The zero-order valence-corrected chi connectivity index (χ0v) is 13.6. The predicted octanol–water partition coefficient (Wildman–Crippen LogP) is 1.34. The molecule has 22 heavy (non-hydrogen) atoms. The van der Waals surface area contributed by atoms with Crippen LogP contribution >= 0.6 is 0 Å². The molecule has 2 aromatic rings. The lowest BCUT2D eigenvalue weighted by Crippen LogP contribution is -2.18. The molecule has 0 atom stereocenters. The average molecular weight is 305 g/mol. The van der Waals surface area contributed by atoms with Crippen LogP contribution in [-0.2, 0) is 31.5 Å². The van der Waals surface area contributed by atoms with E-state index in [9.17, 15) is 4.79 Å². The van der Waals surface area contributed by atoms with Gasteiger partial charge >= 0.3 is 5.97 Å². The van der Waals surface area contributed by atoms with E-state index in [4.69, 9.17) is 5.11 Å². The van der Waals surface area contributed by atoms with Crippen molar-refractivity contribution in [3.8, 4) is 0 Å². The summed E-state index contributed by atoms with van der Waals surface area (Å²) in [6, 6.07) is 0. The normalized spacial score (nSPS) is 11.3. The first kappa shape index (κ1) is 16.2. The molecule has 120 valence electrons. The van der Waals surface area contributed by atoms with Crippen LogP contribution in [0.15, 0.2) is 12.4 Å². The molecule has 0 aromatic carbocycles. The number of aliphatic carboxylic acids is 1. The molecule has 0 fully saturated rings. The Morgan fingerprint density at radius 2 is 2.09 bits per heavy atom. The van der Waals surface area contributed by atoms with Crippen LogP contribution in [0.4, 0.5) is 0 Å². The Morgan fingerprint density at radius 3 is 2.68 bits per heavy atom. The molecule has 0 aliphatic heterocycles. The van der Waals surface area contributed by atoms with Gasteiger partial charge in [-0.2, -0.15) is 10.2 Å². The summed E-state index contributed by atoms with van der Waals surface area (Å²) in [6.07, 6.45) is 3.79. The van der Waals surface area contributed by atoms with Crippen LogP contribution in [0.25, 0.3) is 0 Å². The van der Waals surface area contributed by atoms with E-state index in [1.807, 2.05) is 24.9 Å². The number of rotatable bonds is 7. The summed E-state index contributed by atoms with van der Waals surface area (Å²) >= 11 is 0. The Hall–Kier alpha value is -2.15.